The van der Waals surface area contributed by atoms with Gasteiger partial charge >= 0.3 is 0 Å². The van der Waals surface area contributed by atoms with Crippen LogP contribution in [-0.4, -0.2) is 27.3 Å². The summed E-state index contributed by atoms with van der Waals surface area (Å²) in [6.07, 6.45) is 6.81. The van der Waals surface area contributed by atoms with Crippen LogP contribution in [0.25, 0.3) is 0 Å². The first-order valence-corrected chi connectivity index (χ1v) is 8.26. The van der Waals surface area contributed by atoms with Crippen molar-refractivity contribution in [2.45, 2.75) is 38.0 Å². The van der Waals surface area contributed by atoms with E-state index in [0.29, 0.717) is 5.92 Å². The quantitative estimate of drug-likeness (QED) is 0.919. The minimum Gasteiger partial charge on any atom is -0.493 e. The number of ether oxygens (including phenoxy) is 2. The monoisotopic (exact) mass is 289 g/mol. The smallest absolute Gasteiger partial charge is 0.164 e. The molecule has 0 amide bonds. The highest BCUT2D eigenvalue weighted by atomic mass is 16.5. The highest BCUT2D eigenvalue weighted by Crippen LogP contribution is 2.46. The van der Waals surface area contributed by atoms with E-state index in [1.165, 1.54) is 37.7 Å². The third-order valence-corrected chi connectivity index (χ3v) is 5.37. The maximum absolute atomic E-state index is 5.69. The Bertz CT molecular complexity index is 468. The van der Waals surface area contributed by atoms with Crippen molar-refractivity contribution in [2.24, 2.45) is 11.8 Å². The number of para-hydroxylation sites is 1. The van der Waals surface area contributed by atoms with Crippen LogP contribution in [0.3, 0.4) is 0 Å². The van der Waals surface area contributed by atoms with Gasteiger partial charge in [0.2, 0.25) is 0 Å². The van der Waals surface area contributed by atoms with E-state index in [1.807, 2.05) is 6.07 Å². The summed E-state index contributed by atoms with van der Waals surface area (Å²) in [5.74, 6) is 4.01. The molecule has 116 valence electrons. The Balaban J connectivity index is 1.92. The number of rotatable bonds is 4. The first-order valence-electron chi connectivity index (χ1n) is 8.26. The standard InChI is InChI=1S/C18H27NO2/c1-20-17-9-5-8-15(18(17)21-2)14-10-11-19-12-16(14)13-6-3-4-7-13/h5,8-9,13-14,16,19H,3-4,6-7,10-12H2,1-2H3. The number of hydrogen-bond acceptors (Lipinski definition) is 3. The second kappa shape index (κ2) is 6.69. The third kappa shape index (κ3) is 2.89. The molecule has 3 nitrogen and oxygen atoms in total. The van der Waals surface area contributed by atoms with E-state index < -0.39 is 0 Å². The van der Waals surface area contributed by atoms with Gasteiger partial charge in [-0.3, -0.25) is 0 Å². The minimum atomic E-state index is 0.597. The first kappa shape index (κ1) is 14.7. The molecule has 2 fully saturated rings. The van der Waals surface area contributed by atoms with Crippen molar-refractivity contribution in [3.8, 4) is 11.5 Å². The highest BCUT2D eigenvalue weighted by Gasteiger charge is 2.35. The zero-order valence-electron chi connectivity index (χ0n) is 13.2. The summed E-state index contributed by atoms with van der Waals surface area (Å²) in [5.41, 5.74) is 1.34. The van der Waals surface area contributed by atoms with Gasteiger partial charge in [-0.05, 0) is 43.3 Å². The van der Waals surface area contributed by atoms with Crippen LogP contribution in [0.2, 0.25) is 0 Å². The van der Waals surface area contributed by atoms with Crippen LogP contribution >= 0.6 is 0 Å². The first-order chi connectivity index (χ1) is 10.3. The number of benzene rings is 1. The Labute approximate surface area is 128 Å². The maximum atomic E-state index is 5.69. The third-order valence-electron chi connectivity index (χ3n) is 5.37. The Kier molecular flexibility index (Phi) is 4.69. The predicted molar refractivity (Wildman–Crippen MR) is 85.2 cm³/mol. The van der Waals surface area contributed by atoms with Gasteiger partial charge in [-0.15, -0.1) is 0 Å². The molecule has 0 bridgehead atoms. The molecule has 0 aromatic heterocycles. The lowest BCUT2D eigenvalue weighted by atomic mass is 9.73. The number of piperidine rings is 1. The van der Waals surface area contributed by atoms with E-state index in [9.17, 15) is 0 Å². The topological polar surface area (TPSA) is 30.5 Å². The van der Waals surface area contributed by atoms with Gasteiger partial charge in [0.25, 0.3) is 0 Å². The zero-order chi connectivity index (χ0) is 14.7. The molecule has 1 saturated heterocycles. The van der Waals surface area contributed by atoms with E-state index >= 15 is 0 Å². The molecule has 3 heteroatoms. The van der Waals surface area contributed by atoms with Crippen LogP contribution in [0.15, 0.2) is 18.2 Å². The Morgan fingerprint density at radius 2 is 1.86 bits per heavy atom. The molecule has 0 spiro atoms. The van der Waals surface area contributed by atoms with Crippen molar-refractivity contribution < 1.29 is 9.47 Å². The Hall–Kier alpha value is -1.22. The van der Waals surface area contributed by atoms with Gasteiger partial charge in [-0.1, -0.05) is 37.8 Å². The van der Waals surface area contributed by atoms with Crippen molar-refractivity contribution >= 4 is 0 Å². The molecule has 1 aromatic rings. The SMILES string of the molecule is COc1cccc(C2CCNCC2C2CCCC2)c1OC. The summed E-state index contributed by atoms with van der Waals surface area (Å²) < 4.78 is 11.2. The molecule has 1 aliphatic heterocycles. The van der Waals surface area contributed by atoms with E-state index in [-0.39, 0.29) is 0 Å². The second-order valence-corrected chi connectivity index (χ2v) is 6.39. The predicted octanol–water partition coefficient (Wildman–Crippen LogP) is 3.59. The van der Waals surface area contributed by atoms with Crippen molar-refractivity contribution in [3.63, 3.8) is 0 Å². The van der Waals surface area contributed by atoms with E-state index in [4.69, 9.17) is 9.47 Å². The van der Waals surface area contributed by atoms with Crippen molar-refractivity contribution in [1.82, 2.24) is 5.32 Å². The van der Waals surface area contributed by atoms with Crippen LogP contribution in [0.5, 0.6) is 11.5 Å². The number of methoxy groups -OCH3 is 2. The van der Waals surface area contributed by atoms with E-state index in [1.54, 1.807) is 14.2 Å². The Morgan fingerprint density at radius 3 is 2.57 bits per heavy atom. The van der Waals surface area contributed by atoms with Gasteiger partial charge in [0.1, 0.15) is 0 Å². The average Bonchev–Trinajstić information content (AvgIpc) is 3.08. The fourth-order valence-corrected chi connectivity index (χ4v) is 4.35. The molecule has 1 heterocycles. The minimum absolute atomic E-state index is 0.597. The molecule has 2 aliphatic rings. The summed E-state index contributed by atoms with van der Waals surface area (Å²) >= 11 is 0. The van der Waals surface area contributed by atoms with Gasteiger partial charge in [0, 0.05) is 5.56 Å². The largest absolute Gasteiger partial charge is 0.493 e. The summed E-state index contributed by atoms with van der Waals surface area (Å²) in [6, 6.07) is 6.33. The van der Waals surface area contributed by atoms with Crippen molar-refractivity contribution in [1.29, 1.82) is 0 Å². The molecule has 1 N–H and O–H groups in total. The molecule has 3 rings (SSSR count). The molecule has 0 radical (unpaired) electrons. The van der Waals surface area contributed by atoms with Crippen LogP contribution in [-0.2, 0) is 0 Å². The van der Waals surface area contributed by atoms with Crippen LogP contribution < -0.4 is 14.8 Å². The van der Waals surface area contributed by atoms with Gasteiger partial charge in [-0.25, -0.2) is 0 Å². The molecule has 1 saturated carbocycles. The molecule has 2 unspecified atom stereocenters. The number of hydrogen-bond donors (Lipinski definition) is 1. The number of nitrogens with one attached hydrogen (secondary N) is 1. The Morgan fingerprint density at radius 1 is 1.05 bits per heavy atom. The molecular weight excluding hydrogens is 262 g/mol. The lowest BCUT2D eigenvalue weighted by Crippen LogP contribution is -2.39. The molecule has 21 heavy (non-hydrogen) atoms. The van der Waals surface area contributed by atoms with Crippen LogP contribution in [0.4, 0.5) is 0 Å². The molecular formula is C18H27NO2. The van der Waals surface area contributed by atoms with Gasteiger partial charge in [0.15, 0.2) is 11.5 Å². The van der Waals surface area contributed by atoms with Gasteiger partial charge in [-0.2, -0.15) is 0 Å². The lowest BCUT2D eigenvalue weighted by molar-refractivity contribution is 0.226. The molecule has 1 aromatic carbocycles. The molecule has 2 atom stereocenters. The fourth-order valence-electron chi connectivity index (χ4n) is 4.35. The molecule has 1 aliphatic carbocycles. The van der Waals surface area contributed by atoms with Gasteiger partial charge in [0.05, 0.1) is 14.2 Å². The maximum Gasteiger partial charge on any atom is 0.164 e. The van der Waals surface area contributed by atoms with Crippen molar-refractivity contribution in [2.75, 3.05) is 27.3 Å². The van der Waals surface area contributed by atoms with Crippen LogP contribution in [0, 0.1) is 11.8 Å². The van der Waals surface area contributed by atoms with Crippen molar-refractivity contribution in [3.05, 3.63) is 23.8 Å². The summed E-state index contributed by atoms with van der Waals surface area (Å²) in [7, 11) is 3.48. The zero-order valence-corrected chi connectivity index (χ0v) is 13.2. The summed E-state index contributed by atoms with van der Waals surface area (Å²) in [5, 5.41) is 3.61. The lowest BCUT2D eigenvalue weighted by Gasteiger charge is -2.37. The summed E-state index contributed by atoms with van der Waals surface area (Å²) in [6.45, 7) is 2.25. The normalized spacial score (nSPS) is 26.8. The van der Waals surface area contributed by atoms with Gasteiger partial charge < -0.3 is 14.8 Å². The fraction of sp³-hybridized carbons (Fsp3) is 0.667. The second-order valence-electron chi connectivity index (χ2n) is 6.39. The van der Waals surface area contributed by atoms with E-state index in [0.717, 1.165) is 36.4 Å². The summed E-state index contributed by atoms with van der Waals surface area (Å²) in [4.78, 5) is 0. The highest BCUT2D eigenvalue weighted by molar-refractivity contribution is 5.48. The van der Waals surface area contributed by atoms with E-state index in [2.05, 4.69) is 17.4 Å². The van der Waals surface area contributed by atoms with Crippen LogP contribution in [0.1, 0.15) is 43.6 Å². The average molecular weight is 289 g/mol.